The fourth-order valence-corrected chi connectivity index (χ4v) is 2.02. The van der Waals surface area contributed by atoms with Crippen molar-refractivity contribution in [3.05, 3.63) is 17.7 Å². The third-order valence-corrected chi connectivity index (χ3v) is 3.17. The number of ether oxygens (including phenoxy) is 4. The predicted octanol–water partition coefficient (Wildman–Crippen LogP) is 0.767. The van der Waals surface area contributed by atoms with Crippen molar-refractivity contribution in [2.45, 2.75) is 12.5 Å². The van der Waals surface area contributed by atoms with E-state index in [2.05, 4.69) is 5.32 Å². The molecular weight excluding hydrogens is 324 g/mol. The van der Waals surface area contributed by atoms with Gasteiger partial charge >= 0.3 is 0 Å². The average molecular weight is 349 g/mol. The normalized spacial score (nSPS) is 11.2. The van der Waals surface area contributed by atoms with E-state index in [9.17, 15) is 4.79 Å². The van der Waals surface area contributed by atoms with Crippen LogP contribution in [0.2, 0.25) is 0 Å². The number of benzene rings is 1. The molecule has 0 saturated heterocycles. The van der Waals surface area contributed by atoms with Gasteiger partial charge in [0.2, 0.25) is 5.91 Å². The number of nitrogens with one attached hydrogen (secondary N) is 1. The van der Waals surface area contributed by atoms with Gasteiger partial charge in [0.15, 0.2) is 0 Å². The average Bonchev–Trinajstić information content (AvgIpc) is 2.54. The van der Waals surface area contributed by atoms with Gasteiger partial charge in [-0.2, -0.15) is 0 Å². The summed E-state index contributed by atoms with van der Waals surface area (Å²) in [6.45, 7) is 0.594. The van der Waals surface area contributed by atoms with E-state index >= 15 is 0 Å². The van der Waals surface area contributed by atoms with Crippen molar-refractivity contribution in [2.24, 2.45) is 5.73 Å². The summed E-state index contributed by atoms with van der Waals surface area (Å²) >= 11 is 0. The summed E-state index contributed by atoms with van der Waals surface area (Å²) in [5, 5.41) is 2.76. The first-order valence-corrected chi connectivity index (χ1v) is 6.88. The summed E-state index contributed by atoms with van der Waals surface area (Å²) in [5.41, 5.74) is 6.51. The van der Waals surface area contributed by atoms with Gasteiger partial charge in [0, 0.05) is 31.4 Å². The van der Waals surface area contributed by atoms with Crippen LogP contribution < -0.4 is 25.3 Å². The van der Waals surface area contributed by atoms with Gasteiger partial charge in [-0.3, -0.25) is 4.79 Å². The lowest BCUT2D eigenvalue weighted by Crippen LogP contribution is -2.44. The summed E-state index contributed by atoms with van der Waals surface area (Å²) in [6, 6.07) is 2.87. The zero-order valence-corrected chi connectivity index (χ0v) is 14.7. The molecule has 0 heterocycles. The molecule has 1 unspecified atom stereocenters. The van der Waals surface area contributed by atoms with E-state index < -0.39 is 6.04 Å². The SMILES string of the molecule is COCC(N)C(=O)NCCc1c(OC)cc(OC)cc1OC.Cl. The monoisotopic (exact) mass is 348 g/mol. The third-order valence-electron chi connectivity index (χ3n) is 3.17. The Kier molecular flexibility index (Phi) is 10.1. The number of amides is 1. The Hall–Kier alpha value is -1.70. The van der Waals surface area contributed by atoms with E-state index in [-0.39, 0.29) is 24.9 Å². The van der Waals surface area contributed by atoms with Gasteiger partial charge in [-0.1, -0.05) is 0 Å². The first-order chi connectivity index (χ1) is 10.6. The van der Waals surface area contributed by atoms with Crippen molar-refractivity contribution in [3.8, 4) is 17.2 Å². The van der Waals surface area contributed by atoms with Gasteiger partial charge in [0.05, 0.1) is 27.9 Å². The molecule has 0 radical (unpaired) electrons. The minimum atomic E-state index is -0.676. The summed E-state index contributed by atoms with van der Waals surface area (Å²) < 4.78 is 20.8. The largest absolute Gasteiger partial charge is 0.496 e. The van der Waals surface area contributed by atoms with E-state index in [0.29, 0.717) is 30.2 Å². The van der Waals surface area contributed by atoms with Crippen molar-refractivity contribution >= 4 is 18.3 Å². The first-order valence-electron chi connectivity index (χ1n) is 6.88. The smallest absolute Gasteiger partial charge is 0.239 e. The Morgan fingerprint density at radius 2 is 1.70 bits per heavy atom. The molecule has 0 fully saturated rings. The van der Waals surface area contributed by atoms with Gasteiger partial charge in [0.1, 0.15) is 23.3 Å². The Labute approximate surface area is 142 Å². The molecule has 0 aliphatic rings. The first kappa shape index (κ1) is 21.3. The molecular formula is C15H25ClN2O5. The quantitative estimate of drug-likeness (QED) is 0.684. The van der Waals surface area contributed by atoms with Crippen LogP contribution >= 0.6 is 12.4 Å². The van der Waals surface area contributed by atoms with E-state index in [1.807, 2.05) is 0 Å². The molecule has 3 N–H and O–H groups in total. The number of halogens is 1. The Bertz CT molecular complexity index is 474. The highest BCUT2D eigenvalue weighted by atomic mass is 35.5. The second kappa shape index (κ2) is 10.9. The molecule has 0 spiro atoms. The minimum Gasteiger partial charge on any atom is -0.496 e. The maximum Gasteiger partial charge on any atom is 0.239 e. The lowest BCUT2D eigenvalue weighted by molar-refractivity contribution is -0.123. The van der Waals surface area contributed by atoms with E-state index in [1.165, 1.54) is 7.11 Å². The summed E-state index contributed by atoms with van der Waals surface area (Å²) in [4.78, 5) is 11.7. The van der Waals surface area contributed by atoms with E-state index in [0.717, 1.165) is 5.56 Å². The zero-order chi connectivity index (χ0) is 16.5. The van der Waals surface area contributed by atoms with Crippen LogP contribution in [0.1, 0.15) is 5.56 Å². The molecule has 0 saturated carbocycles. The second-order valence-electron chi connectivity index (χ2n) is 4.61. The molecule has 1 aromatic rings. The summed E-state index contributed by atoms with van der Waals surface area (Å²) in [6.07, 6.45) is 0.543. The van der Waals surface area contributed by atoms with Gasteiger partial charge in [-0.15, -0.1) is 12.4 Å². The van der Waals surface area contributed by atoms with Crippen LogP contribution in [-0.2, 0) is 16.0 Å². The highest BCUT2D eigenvalue weighted by Crippen LogP contribution is 2.34. The van der Waals surface area contributed by atoms with Gasteiger partial charge in [0.25, 0.3) is 0 Å². The highest BCUT2D eigenvalue weighted by molar-refractivity contribution is 5.85. The molecule has 0 bridgehead atoms. The molecule has 132 valence electrons. The van der Waals surface area contributed by atoms with Crippen LogP contribution in [0.15, 0.2) is 12.1 Å². The third kappa shape index (κ3) is 6.13. The van der Waals surface area contributed by atoms with E-state index in [4.69, 9.17) is 24.7 Å². The predicted molar refractivity (Wildman–Crippen MR) is 89.9 cm³/mol. The number of carbonyl (C=O) groups is 1. The Morgan fingerprint density at radius 1 is 1.13 bits per heavy atom. The summed E-state index contributed by atoms with van der Waals surface area (Å²) in [5.74, 6) is 1.68. The maximum atomic E-state index is 11.7. The second-order valence-corrected chi connectivity index (χ2v) is 4.61. The molecule has 0 aliphatic carbocycles. The van der Waals surface area contributed by atoms with E-state index in [1.54, 1.807) is 33.5 Å². The van der Waals surface area contributed by atoms with Crippen LogP contribution in [0, 0.1) is 0 Å². The van der Waals surface area contributed by atoms with Crippen molar-refractivity contribution in [1.82, 2.24) is 5.32 Å². The van der Waals surface area contributed by atoms with Gasteiger partial charge in [-0.25, -0.2) is 0 Å². The topological polar surface area (TPSA) is 92.0 Å². The fourth-order valence-electron chi connectivity index (χ4n) is 2.02. The molecule has 1 aromatic carbocycles. The number of nitrogens with two attached hydrogens (primary N) is 1. The standard InChI is InChI=1S/C15H24N2O5.ClH/c1-19-9-12(16)15(18)17-6-5-11-13(21-3)7-10(20-2)8-14(11)22-4;/h7-8,12H,5-6,9,16H2,1-4H3,(H,17,18);1H. The Morgan fingerprint density at radius 3 is 2.13 bits per heavy atom. The van der Waals surface area contributed by atoms with Crippen molar-refractivity contribution in [2.75, 3.05) is 41.6 Å². The molecule has 0 aromatic heterocycles. The van der Waals surface area contributed by atoms with Gasteiger partial charge in [-0.05, 0) is 6.42 Å². The molecule has 1 atom stereocenters. The molecule has 23 heavy (non-hydrogen) atoms. The van der Waals surface area contributed by atoms with Crippen molar-refractivity contribution in [1.29, 1.82) is 0 Å². The maximum absolute atomic E-state index is 11.7. The Balaban J connectivity index is 0.00000484. The fraction of sp³-hybridized carbons (Fsp3) is 0.533. The van der Waals surface area contributed by atoms with Gasteiger partial charge < -0.3 is 30.0 Å². The van der Waals surface area contributed by atoms with Crippen LogP contribution in [0.25, 0.3) is 0 Å². The molecule has 0 aliphatic heterocycles. The number of hydrogen-bond acceptors (Lipinski definition) is 6. The number of carbonyl (C=O) groups excluding carboxylic acids is 1. The van der Waals surface area contributed by atoms with Crippen LogP contribution in [0.5, 0.6) is 17.2 Å². The lowest BCUT2D eigenvalue weighted by atomic mass is 10.1. The lowest BCUT2D eigenvalue weighted by Gasteiger charge is -2.16. The highest BCUT2D eigenvalue weighted by Gasteiger charge is 2.15. The number of hydrogen-bond donors (Lipinski definition) is 2. The van der Waals surface area contributed by atoms with Crippen LogP contribution in [0.3, 0.4) is 0 Å². The zero-order valence-electron chi connectivity index (χ0n) is 13.9. The molecule has 1 rings (SSSR count). The van der Waals surface area contributed by atoms with Crippen LogP contribution in [-0.4, -0.2) is 53.5 Å². The minimum absolute atomic E-state index is 0. The summed E-state index contributed by atoms with van der Waals surface area (Å²) in [7, 11) is 6.22. The number of methoxy groups -OCH3 is 4. The van der Waals surface area contributed by atoms with Crippen molar-refractivity contribution in [3.63, 3.8) is 0 Å². The molecule has 7 nitrogen and oxygen atoms in total. The van der Waals surface area contributed by atoms with Crippen LogP contribution in [0.4, 0.5) is 0 Å². The molecule has 1 amide bonds. The molecule has 8 heteroatoms. The number of rotatable bonds is 9. The van der Waals surface area contributed by atoms with Crippen molar-refractivity contribution < 1.29 is 23.7 Å².